The van der Waals surface area contributed by atoms with E-state index in [0.717, 1.165) is 0 Å². The van der Waals surface area contributed by atoms with E-state index in [1.807, 2.05) is 0 Å². The van der Waals surface area contributed by atoms with Gasteiger partial charge in [0.05, 0.1) is 12.1 Å². The van der Waals surface area contributed by atoms with Crippen LogP contribution in [0, 0.1) is 0 Å². The third-order valence-corrected chi connectivity index (χ3v) is 5.61. The van der Waals surface area contributed by atoms with Gasteiger partial charge in [0.15, 0.2) is 0 Å². The highest BCUT2D eigenvalue weighted by atomic mass is 32.1. The molecular weight excluding hydrogens is 388 g/mol. The van der Waals surface area contributed by atoms with Gasteiger partial charge in [0.1, 0.15) is 18.1 Å². The molecule has 0 saturated carbocycles. The van der Waals surface area contributed by atoms with Gasteiger partial charge in [-0.15, -0.1) is 0 Å². The molecule has 28 heavy (non-hydrogen) atoms. The third-order valence-electron chi connectivity index (χ3n) is 5.22. The molecule has 5 atom stereocenters. The molecule has 0 radical (unpaired) electrons. The highest BCUT2D eigenvalue weighted by Gasteiger charge is 2.42. The molecule has 2 aliphatic rings. The number of nitrogens with one attached hydrogen (secondary N) is 1. The van der Waals surface area contributed by atoms with Crippen LogP contribution in [0.2, 0.25) is 0 Å². The number of nitrogens with two attached hydrogens (primary N) is 1. The third kappa shape index (κ3) is 4.76. The van der Waals surface area contributed by atoms with Gasteiger partial charge in [-0.1, -0.05) is 0 Å². The topological polar surface area (TPSA) is 153 Å². The lowest BCUT2D eigenvalue weighted by molar-refractivity contribution is -0.151. The van der Waals surface area contributed by atoms with Gasteiger partial charge in [-0.25, -0.2) is 4.79 Å². The minimum absolute atomic E-state index is 0.143. The summed E-state index contributed by atoms with van der Waals surface area (Å²) in [5.74, 6) is -2.57. The molecule has 11 heteroatoms. The molecular formula is C17H28N4O6S. The first-order valence-electron chi connectivity index (χ1n) is 9.37. The molecule has 5 N–H and O–H groups in total. The number of aliphatic hydroxyl groups excluding tert-OH is 1. The van der Waals surface area contributed by atoms with Gasteiger partial charge in [-0.2, -0.15) is 12.6 Å². The largest absolute Gasteiger partial charge is 0.480 e. The Morgan fingerprint density at radius 3 is 2.14 bits per heavy atom. The summed E-state index contributed by atoms with van der Waals surface area (Å²) < 4.78 is 0. The van der Waals surface area contributed by atoms with Gasteiger partial charge >= 0.3 is 5.97 Å². The molecule has 3 amide bonds. The number of hydrogen-bond acceptors (Lipinski definition) is 7. The lowest BCUT2D eigenvalue weighted by atomic mass is 10.1. The Kier molecular flexibility index (Phi) is 7.67. The molecule has 10 nitrogen and oxygen atoms in total. The minimum Gasteiger partial charge on any atom is -0.480 e. The molecule has 2 aliphatic heterocycles. The number of carbonyl (C=O) groups excluding carboxylic acids is 3. The fraction of sp³-hybridized carbons (Fsp3) is 0.765. The summed E-state index contributed by atoms with van der Waals surface area (Å²) in [6, 6.07) is -3.87. The highest BCUT2D eigenvalue weighted by molar-refractivity contribution is 7.80. The van der Waals surface area contributed by atoms with Crippen LogP contribution >= 0.6 is 12.6 Å². The van der Waals surface area contributed by atoms with Crippen LogP contribution in [0.4, 0.5) is 0 Å². The van der Waals surface area contributed by atoms with Crippen LogP contribution in [0.1, 0.15) is 32.6 Å². The summed E-state index contributed by atoms with van der Waals surface area (Å²) in [4.78, 5) is 51.8. The Hall–Kier alpha value is -1.85. The fourth-order valence-electron chi connectivity index (χ4n) is 3.70. The first-order valence-corrected chi connectivity index (χ1v) is 10.0. The molecule has 0 bridgehead atoms. The van der Waals surface area contributed by atoms with Crippen LogP contribution in [0.25, 0.3) is 0 Å². The number of aliphatic carboxylic acids is 1. The monoisotopic (exact) mass is 416 g/mol. The van der Waals surface area contributed by atoms with E-state index >= 15 is 0 Å². The van der Waals surface area contributed by atoms with E-state index in [1.54, 1.807) is 0 Å². The Balaban J connectivity index is 2.11. The van der Waals surface area contributed by atoms with Gasteiger partial charge in [0.2, 0.25) is 17.7 Å². The summed E-state index contributed by atoms with van der Waals surface area (Å²) in [5, 5.41) is 21.8. The molecule has 2 saturated heterocycles. The first kappa shape index (κ1) is 22.4. The van der Waals surface area contributed by atoms with Crippen molar-refractivity contribution < 1.29 is 29.4 Å². The maximum atomic E-state index is 12.8. The van der Waals surface area contributed by atoms with Gasteiger partial charge in [0.25, 0.3) is 0 Å². The molecule has 0 aromatic carbocycles. The molecule has 0 aromatic heterocycles. The smallest absolute Gasteiger partial charge is 0.326 e. The van der Waals surface area contributed by atoms with Crippen molar-refractivity contribution in [1.29, 1.82) is 0 Å². The van der Waals surface area contributed by atoms with Crippen molar-refractivity contribution in [2.24, 2.45) is 5.73 Å². The lowest BCUT2D eigenvalue weighted by Crippen LogP contribution is -2.59. The molecule has 158 valence electrons. The normalized spacial score (nSPS) is 25.3. The van der Waals surface area contributed by atoms with Crippen molar-refractivity contribution in [3.05, 3.63) is 0 Å². The van der Waals surface area contributed by atoms with Crippen molar-refractivity contribution in [2.45, 2.75) is 62.9 Å². The summed E-state index contributed by atoms with van der Waals surface area (Å²) >= 11 is 4.01. The zero-order valence-corrected chi connectivity index (χ0v) is 16.7. The summed E-state index contributed by atoms with van der Waals surface area (Å²) in [5.41, 5.74) is 5.73. The van der Waals surface area contributed by atoms with E-state index < -0.39 is 54.0 Å². The maximum Gasteiger partial charge on any atom is 0.326 e. The van der Waals surface area contributed by atoms with E-state index in [-0.39, 0.29) is 12.3 Å². The molecule has 5 unspecified atom stereocenters. The number of carbonyl (C=O) groups is 4. The van der Waals surface area contributed by atoms with E-state index in [4.69, 9.17) is 5.73 Å². The second kappa shape index (κ2) is 9.57. The fourth-order valence-corrected chi connectivity index (χ4v) is 3.85. The van der Waals surface area contributed by atoms with Crippen LogP contribution in [-0.4, -0.2) is 92.8 Å². The van der Waals surface area contributed by atoms with Gasteiger partial charge in [0, 0.05) is 18.8 Å². The van der Waals surface area contributed by atoms with Crippen molar-refractivity contribution in [1.82, 2.24) is 15.1 Å². The van der Waals surface area contributed by atoms with E-state index in [9.17, 15) is 29.4 Å². The van der Waals surface area contributed by atoms with Gasteiger partial charge < -0.3 is 31.1 Å². The lowest BCUT2D eigenvalue weighted by Gasteiger charge is -2.31. The second-order valence-electron chi connectivity index (χ2n) is 7.23. The van der Waals surface area contributed by atoms with Crippen LogP contribution in [0.5, 0.6) is 0 Å². The zero-order valence-electron chi connectivity index (χ0n) is 15.8. The summed E-state index contributed by atoms with van der Waals surface area (Å²) in [6.45, 7) is 1.97. The molecule has 0 spiro atoms. The second-order valence-corrected chi connectivity index (χ2v) is 7.60. The van der Waals surface area contributed by atoms with E-state index in [0.29, 0.717) is 32.2 Å². The minimum atomic E-state index is -1.29. The maximum absolute atomic E-state index is 12.8. The average molecular weight is 417 g/mol. The number of likely N-dealkylation sites (tertiary alicyclic amines) is 2. The van der Waals surface area contributed by atoms with Gasteiger partial charge in [-0.3, -0.25) is 14.4 Å². The quantitative estimate of drug-likeness (QED) is 0.306. The molecule has 2 fully saturated rings. The molecule has 0 aliphatic carbocycles. The standard InChI is InChI=1S/C17H28N4O6S/c1-9(22)13(16(25)21-7-3-5-12(21)17(26)27)19-14(23)11-4-2-6-20(11)15(24)10(18)8-28/h9-13,22,28H,2-8,18H2,1H3,(H,19,23)(H,26,27). The number of aliphatic hydroxyl groups is 1. The Morgan fingerprint density at radius 2 is 1.64 bits per heavy atom. The first-order chi connectivity index (χ1) is 13.2. The number of carboxylic acids is 1. The SMILES string of the molecule is CC(O)C(NC(=O)C1CCCN1C(=O)C(N)CS)C(=O)N1CCCC1C(=O)O. The van der Waals surface area contributed by atoms with Crippen molar-refractivity contribution >= 4 is 36.3 Å². The van der Waals surface area contributed by atoms with Crippen LogP contribution in [-0.2, 0) is 19.2 Å². The van der Waals surface area contributed by atoms with Gasteiger partial charge in [-0.05, 0) is 32.6 Å². The number of nitrogens with zero attached hydrogens (tertiary/aromatic N) is 2. The van der Waals surface area contributed by atoms with Crippen LogP contribution in [0.15, 0.2) is 0 Å². The molecule has 0 aromatic rings. The molecule has 2 rings (SSSR count). The Labute approximate surface area is 168 Å². The Bertz CT molecular complexity index is 631. The number of hydrogen-bond donors (Lipinski definition) is 5. The van der Waals surface area contributed by atoms with Crippen LogP contribution in [0.3, 0.4) is 0 Å². The number of amides is 3. The zero-order chi connectivity index (χ0) is 21.0. The van der Waals surface area contributed by atoms with E-state index in [2.05, 4.69) is 17.9 Å². The molecule has 2 heterocycles. The number of thiol groups is 1. The number of rotatable bonds is 7. The van der Waals surface area contributed by atoms with Crippen molar-refractivity contribution in [2.75, 3.05) is 18.8 Å². The predicted molar refractivity (Wildman–Crippen MR) is 103 cm³/mol. The average Bonchev–Trinajstić information content (AvgIpc) is 3.33. The summed E-state index contributed by atoms with van der Waals surface area (Å²) in [6.07, 6.45) is 0.670. The van der Waals surface area contributed by atoms with E-state index in [1.165, 1.54) is 16.7 Å². The van der Waals surface area contributed by atoms with Crippen molar-refractivity contribution in [3.8, 4) is 0 Å². The predicted octanol–water partition coefficient (Wildman–Crippen LogP) is -1.82. The van der Waals surface area contributed by atoms with Crippen LogP contribution < -0.4 is 11.1 Å². The van der Waals surface area contributed by atoms with Crippen molar-refractivity contribution in [3.63, 3.8) is 0 Å². The Morgan fingerprint density at radius 1 is 1.11 bits per heavy atom. The highest BCUT2D eigenvalue weighted by Crippen LogP contribution is 2.21. The number of carboxylic acid groups (broad SMARTS) is 1. The summed E-state index contributed by atoms with van der Waals surface area (Å²) in [7, 11) is 0.